The Morgan fingerprint density at radius 1 is 1.00 bits per heavy atom. The molecule has 1 aliphatic rings. The molecule has 0 saturated heterocycles. The van der Waals surface area contributed by atoms with Crippen LogP contribution in [0.1, 0.15) is 54.4 Å². The molecule has 1 aliphatic carbocycles. The predicted molar refractivity (Wildman–Crippen MR) is 81.4 cm³/mol. The van der Waals surface area contributed by atoms with E-state index < -0.39 is 5.60 Å². The van der Waals surface area contributed by atoms with Crippen LogP contribution in [0.25, 0.3) is 0 Å². The second-order valence-corrected chi connectivity index (χ2v) is 7.76. The number of ketones is 1. The van der Waals surface area contributed by atoms with Crippen LogP contribution in [-0.2, 0) is 4.79 Å². The third kappa shape index (κ3) is 3.80. The molecule has 0 fully saturated rings. The number of Topliss-reactive ketones (excluding diaryl/α,β-unsaturated/α-hetero) is 1. The van der Waals surface area contributed by atoms with Gasteiger partial charge in [-0.15, -0.1) is 0 Å². The van der Waals surface area contributed by atoms with Crippen LogP contribution in [0.2, 0.25) is 0 Å². The Kier molecular flexibility index (Phi) is 4.67. The van der Waals surface area contributed by atoms with Crippen LogP contribution < -0.4 is 0 Å². The second-order valence-electron chi connectivity index (χ2n) is 7.76. The Hall–Kier alpha value is -0.930. The molecule has 0 aliphatic heterocycles. The highest BCUT2D eigenvalue weighted by Crippen LogP contribution is 2.41. The average Bonchev–Trinajstić information content (AvgIpc) is 2.27. The fraction of sp³-hybridized carbons (Fsp3) is 0.706. The molecule has 20 heavy (non-hydrogen) atoms. The summed E-state index contributed by atoms with van der Waals surface area (Å²) >= 11 is 0. The zero-order chi connectivity index (χ0) is 15.8. The largest absolute Gasteiger partial charge is 0.396 e. The van der Waals surface area contributed by atoms with E-state index >= 15 is 0 Å². The summed E-state index contributed by atoms with van der Waals surface area (Å²) in [6, 6.07) is 0. The molecule has 2 N–H and O–H groups in total. The van der Waals surface area contributed by atoms with Gasteiger partial charge in [-0.2, -0.15) is 0 Å². The van der Waals surface area contributed by atoms with Gasteiger partial charge in [-0.05, 0) is 35.8 Å². The summed E-state index contributed by atoms with van der Waals surface area (Å²) < 4.78 is 0. The fourth-order valence-electron chi connectivity index (χ4n) is 2.44. The molecule has 0 radical (unpaired) electrons. The van der Waals surface area contributed by atoms with Crippen LogP contribution in [0.4, 0.5) is 0 Å². The Balaban J connectivity index is 3.33. The third-order valence-corrected chi connectivity index (χ3v) is 3.63. The number of aliphatic hydroxyl groups excluding tert-OH is 1. The first-order chi connectivity index (χ1) is 8.91. The van der Waals surface area contributed by atoms with Crippen molar-refractivity contribution < 1.29 is 15.0 Å². The third-order valence-electron chi connectivity index (χ3n) is 3.63. The quantitative estimate of drug-likeness (QED) is 0.835. The van der Waals surface area contributed by atoms with Gasteiger partial charge >= 0.3 is 0 Å². The maximum atomic E-state index is 12.7. The molecule has 0 atom stereocenters. The van der Waals surface area contributed by atoms with Crippen molar-refractivity contribution in [1.82, 2.24) is 0 Å². The van der Waals surface area contributed by atoms with E-state index in [0.717, 1.165) is 0 Å². The standard InChI is InChI=1S/C17H28O3/c1-15(2,3)12-10-17(20,8-7-9-18)11-13(14(12)19)16(4,5)6/h10-11,18,20H,7-9H2,1-6H3. The van der Waals surface area contributed by atoms with E-state index in [1.165, 1.54) is 0 Å². The molecule has 0 bridgehead atoms. The Bertz CT molecular complexity index is 408. The summed E-state index contributed by atoms with van der Waals surface area (Å²) in [4.78, 5) is 12.7. The minimum atomic E-state index is -1.14. The first-order valence-electron chi connectivity index (χ1n) is 7.25. The molecular weight excluding hydrogens is 252 g/mol. The number of carbonyl (C=O) groups excluding carboxylic acids is 1. The van der Waals surface area contributed by atoms with Gasteiger partial charge in [0.25, 0.3) is 0 Å². The van der Waals surface area contributed by atoms with Crippen LogP contribution in [0, 0.1) is 10.8 Å². The van der Waals surface area contributed by atoms with E-state index in [-0.39, 0.29) is 23.2 Å². The second kappa shape index (κ2) is 5.45. The summed E-state index contributed by atoms with van der Waals surface area (Å²) in [6.45, 7) is 11.9. The monoisotopic (exact) mass is 280 g/mol. The summed E-state index contributed by atoms with van der Waals surface area (Å²) in [5.74, 6) is 0.0265. The van der Waals surface area contributed by atoms with E-state index in [1.54, 1.807) is 12.2 Å². The van der Waals surface area contributed by atoms with Crippen molar-refractivity contribution in [3.05, 3.63) is 23.3 Å². The van der Waals surface area contributed by atoms with Crippen LogP contribution in [0.5, 0.6) is 0 Å². The summed E-state index contributed by atoms with van der Waals surface area (Å²) in [5, 5.41) is 19.8. The van der Waals surface area contributed by atoms with E-state index in [9.17, 15) is 9.90 Å². The molecule has 0 unspecified atom stereocenters. The lowest BCUT2D eigenvalue weighted by atomic mass is 9.69. The zero-order valence-corrected chi connectivity index (χ0v) is 13.6. The lowest BCUT2D eigenvalue weighted by Crippen LogP contribution is -2.37. The maximum Gasteiger partial charge on any atom is 0.185 e. The van der Waals surface area contributed by atoms with Gasteiger partial charge in [-0.1, -0.05) is 41.5 Å². The van der Waals surface area contributed by atoms with Gasteiger partial charge in [-0.3, -0.25) is 4.79 Å². The van der Waals surface area contributed by atoms with Crippen LogP contribution >= 0.6 is 0 Å². The number of hydrogen-bond donors (Lipinski definition) is 2. The van der Waals surface area contributed by atoms with Crippen molar-refractivity contribution in [2.45, 2.75) is 60.0 Å². The molecule has 0 heterocycles. The predicted octanol–water partition coefficient (Wildman–Crippen LogP) is 3.02. The van der Waals surface area contributed by atoms with Crippen molar-refractivity contribution in [2.75, 3.05) is 6.61 Å². The van der Waals surface area contributed by atoms with Crippen molar-refractivity contribution in [3.63, 3.8) is 0 Å². The Morgan fingerprint density at radius 3 is 1.70 bits per heavy atom. The van der Waals surface area contributed by atoms with Gasteiger partial charge in [0.05, 0.1) is 0 Å². The topological polar surface area (TPSA) is 57.5 Å². The first-order valence-corrected chi connectivity index (χ1v) is 7.25. The number of carbonyl (C=O) groups is 1. The summed E-state index contributed by atoms with van der Waals surface area (Å²) in [7, 11) is 0. The van der Waals surface area contributed by atoms with Crippen LogP contribution in [-0.4, -0.2) is 28.2 Å². The first kappa shape index (κ1) is 17.1. The number of allylic oxidation sites excluding steroid dienone is 2. The van der Waals surface area contributed by atoms with E-state index in [1.807, 2.05) is 41.5 Å². The van der Waals surface area contributed by atoms with E-state index in [4.69, 9.17) is 5.11 Å². The van der Waals surface area contributed by atoms with Gasteiger partial charge in [0, 0.05) is 17.8 Å². The molecule has 3 nitrogen and oxygen atoms in total. The lowest BCUT2D eigenvalue weighted by Gasteiger charge is -2.36. The highest BCUT2D eigenvalue weighted by Gasteiger charge is 2.39. The normalized spacial score (nSPS) is 19.7. The van der Waals surface area contributed by atoms with Crippen LogP contribution in [0.3, 0.4) is 0 Å². The zero-order valence-electron chi connectivity index (χ0n) is 13.6. The molecule has 0 aromatic heterocycles. The molecule has 114 valence electrons. The van der Waals surface area contributed by atoms with Crippen molar-refractivity contribution >= 4 is 5.78 Å². The van der Waals surface area contributed by atoms with Crippen LogP contribution in [0.15, 0.2) is 23.3 Å². The Morgan fingerprint density at radius 2 is 1.40 bits per heavy atom. The molecule has 0 aromatic rings. The van der Waals surface area contributed by atoms with Crippen molar-refractivity contribution in [3.8, 4) is 0 Å². The highest BCUT2D eigenvalue weighted by atomic mass is 16.3. The SMILES string of the molecule is CC(C)(C)C1=CC(O)(CCCO)C=C(C(C)(C)C)C1=O. The maximum absolute atomic E-state index is 12.7. The number of aliphatic hydroxyl groups is 2. The van der Waals surface area contributed by atoms with Gasteiger partial charge in [0.1, 0.15) is 5.60 Å². The van der Waals surface area contributed by atoms with E-state index in [0.29, 0.717) is 24.0 Å². The molecular formula is C17H28O3. The van der Waals surface area contributed by atoms with E-state index in [2.05, 4.69) is 0 Å². The molecule has 0 aromatic carbocycles. The molecule has 1 rings (SSSR count). The fourth-order valence-corrected chi connectivity index (χ4v) is 2.44. The molecule has 0 spiro atoms. The minimum absolute atomic E-state index is 0.0265. The van der Waals surface area contributed by atoms with Gasteiger partial charge in [0.2, 0.25) is 0 Å². The minimum Gasteiger partial charge on any atom is -0.396 e. The van der Waals surface area contributed by atoms with Crippen molar-refractivity contribution in [1.29, 1.82) is 0 Å². The number of hydrogen-bond acceptors (Lipinski definition) is 3. The average molecular weight is 280 g/mol. The van der Waals surface area contributed by atoms with Gasteiger partial charge in [-0.25, -0.2) is 0 Å². The molecule has 0 saturated carbocycles. The van der Waals surface area contributed by atoms with Gasteiger partial charge < -0.3 is 10.2 Å². The number of rotatable bonds is 3. The Labute approximate surface area is 122 Å². The smallest absolute Gasteiger partial charge is 0.185 e. The highest BCUT2D eigenvalue weighted by molar-refractivity contribution is 6.11. The lowest BCUT2D eigenvalue weighted by molar-refractivity contribution is -0.114. The molecule has 3 heteroatoms. The molecule has 0 amide bonds. The summed E-state index contributed by atoms with van der Waals surface area (Å²) in [6.07, 6.45) is 4.29. The van der Waals surface area contributed by atoms with Crippen molar-refractivity contribution in [2.24, 2.45) is 10.8 Å². The van der Waals surface area contributed by atoms with Gasteiger partial charge in [0.15, 0.2) is 5.78 Å². The summed E-state index contributed by atoms with van der Waals surface area (Å²) in [5.41, 5.74) is -0.443.